The molecule has 0 aliphatic heterocycles. The van der Waals surface area contributed by atoms with Crippen molar-refractivity contribution in [1.82, 2.24) is 0 Å². The van der Waals surface area contributed by atoms with Crippen LogP contribution in [0.3, 0.4) is 0 Å². The molecular weight excluding hydrogens is 376 g/mol. The second kappa shape index (κ2) is 8.73. The van der Waals surface area contributed by atoms with Gasteiger partial charge < -0.3 is 4.74 Å². The van der Waals surface area contributed by atoms with Gasteiger partial charge in [-0.25, -0.2) is 0 Å². The molecular formula is C30H22O. The van der Waals surface area contributed by atoms with Crippen LogP contribution in [-0.4, -0.2) is 0 Å². The highest BCUT2D eigenvalue weighted by Crippen LogP contribution is 2.34. The van der Waals surface area contributed by atoms with Crippen molar-refractivity contribution in [1.29, 1.82) is 0 Å². The van der Waals surface area contributed by atoms with E-state index >= 15 is 0 Å². The minimum Gasteiger partial charge on any atom is -0.457 e. The van der Waals surface area contributed by atoms with Gasteiger partial charge in [0.05, 0.1) is 0 Å². The summed E-state index contributed by atoms with van der Waals surface area (Å²) in [5.74, 6) is 1.67. The maximum atomic E-state index is 5.94. The van der Waals surface area contributed by atoms with Gasteiger partial charge in [-0.05, 0) is 57.6 Å². The van der Waals surface area contributed by atoms with E-state index in [-0.39, 0.29) is 0 Å². The Labute approximate surface area is 183 Å². The van der Waals surface area contributed by atoms with Crippen LogP contribution in [0.2, 0.25) is 0 Å². The molecule has 5 aromatic carbocycles. The first-order valence-electron chi connectivity index (χ1n) is 10.4. The maximum Gasteiger partial charge on any atom is 0.127 e. The van der Waals surface area contributed by atoms with Gasteiger partial charge in [0.1, 0.15) is 11.5 Å². The minimum atomic E-state index is 0.833. The second-order valence-electron chi connectivity index (χ2n) is 7.43. The van der Waals surface area contributed by atoms with Crippen molar-refractivity contribution >= 4 is 0 Å². The third kappa shape index (κ3) is 4.26. The van der Waals surface area contributed by atoms with Gasteiger partial charge in [-0.2, -0.15) is 0 Å². The van der Waals surface area contributed by atoms with Crippen LogP contribution in [0, 0.1) is 0 Å². The van der Waals surface area contributed by atoms with Crippen LogP contribution in [0.4, 0.5) is 0 Å². The summed E-state index contributed by atoms with van der Waals surface area (Å²) >= 11 is 0. The Morgan fingerprint density at radius 1 is 0.290 bits per heavy atom. The number of para-hydroxylation sites is 1. The molecule has 0 spiro atoms. The van der Waals surface area contributed by atoms with Gasteiger partial charge in [-0.3, -0.25) is 0 Å². The number of benzene rings is 5. The van der Waals surface area contributed by atoms with E-state index in [9.17, 15) is 0 Å². The SMILES string of the molecule is c1ccc(Oc2ccc(-c3ccccc3-c3ccc(-c4ccccc4)cc3)cc2)cc1. The zero-order valence-corrected chi connectivity index (χ0v) is 17.1. The van der Waals surface area contributed by atoms with Crippen LogP contribution in [-0.2, 0) is 0 Å². The summed E-state index contributed by atoms with van der Waals surface area (Å²) in [6, 6.07) is 46.0. The van der Waals surface area contributed by atoms with E-state index in [2.05, 4.69) is 84.9 Å². The molecule has 148 valence electrons. The topological polar surface area (TPSA) is 9.23 Å². The monoisotopic (exact) mass is 398 g/mol. The average Bonchev–Trinajstić information content (AvgIpc) is 2.86. The summed E-state index contributed by atoms with van der Waals surface area (Å²) < 4.78 is 5.94. The van der Waals surface area contributed by atoms with E-state index in [0.717, 1.165) is 11.5 Å². The van der Waals surface area contributed by atoms with Crippen LogP contribution < -0.4 is 4.74 Å². The average molecular weight is 399 g/mol. The fraction of sp³-hybridized carbons (Fsp3) is 0. The largest absolute Gasteiger partial charge is 0.457 e. The first kappa shape index (κ1) is 18.9. The summed E-state index contributed by atoms with van der Waals surface area (Å²) in [6.07, 6.45) is 0. The predicted octanol–water partition coefficient (Wildman–Crippen LogP) is 8.48. The molecule has 0 aliphatic carbocycles. The molecule has 0 aromatic heterocycles. The van der Waals surface area contributed by atoms with Gasteiger partial charge in [0.2, 0.25) is 0 Å². The Morgan fingerprint density at radius 3 is 1.26 bits per heavy atom. The van der Waals surface area contributed by atoms with Crippen molar-refractivity contribution in [2.24, 2.45) is 0 Å². The highest BCUT2D eigenvalue weighted by atomic mass is 16.5. The summed E-state index contributed by atoms with van der Waals surface area (Å²) in [5.41, 5.74) is 7.27. The lowest BCUT2D eigenvalue weighted by molar-refractivity contribution is 0.483. The summed E-state index contributed by atoms with van der Waals surface area (Å²) in [6.45, 7) is 0. The Morgan fingerprint density at radius 2 is 0.677 bits per heavy atom. The van der Waals surface area contributed by atoms with Gasteiger partial charge in [-0.15, -0.1) is 0 Å². The lowest BCUT2D eigenvalue weighted by atomic mass is 9.93. The fourth-order valence-corrected chi connectivity index (χ4v) is 3.79. The van der Waals surface area contributed by atoms with Crippen molar-refractivity contribution in [2.45, 2.75) is 0 Å². The molecule has 0 aliphatic rings. The van der Waals surface area contributed by atoms with Gasteiger partial charge in [-0.1, -0.05) is 109 Å². The van der Waals surface area contributed by atoms with E-state index in [0.29, 0.717) is 0 Å². The Kier molecular flexibility index (Phi) is 5.32. The van der Waals surface area contributed by atoms with E-state index < -0.39 is 0 Å². The molecule has 5 aromatic rings. The zero-order valence-electron chi connectivity index (χ0n) is 17.1. The molecule has 0 atom stereocenters. The summed E-state index contributed by atoms with van der Waals surface area (Å²) in [5, 5.41) is 0. The summed E-state index contributed by atoms with van der Waals surface area (Å²) in [7, 11) is 0. The molecule has 0 fully saturated rings. The second-order valence-corrected chi connectivity index (χ2v) is 7.43. The number of hydrogen-bond donors (Lipinski definition) is 0. The molecule has 1 nitrogen and oxygen atoms in total. The molecule has 1 heteroatoms. The molecule has 0 amide bonds. The molecule has 0 unspecified atom stereocenters. The molecule has 0 N–H and O–H groups in total. The van der Waals surface area contributed by atoms with Crippen molar-refractivity contribution in [3.05, 3.63) is 133 Å². The highest BCUT2D eigenvalue weighted by Gasteiger charge is 2.08. The third-order valence-electron chi connectivity index (χ3n) is 5.37. The minimum absolute atomic E-state index is 0.833. The lowest BCUT2D eigenvalue weighted by Crippen LogP contribution is -1.87. The van der Waals surface area contributed by atoms with Gasteiger partial charge in [0, 0.05) is 0 Å². The van der Waals surface area contributed by atoms with Crippen molar-refractivity contribution in [3.63, 3.8) is 0 Å². The molecule has 0 heterocycles. The molecule has 0 saturated heterocycles. The van der Waals surface area contributed by atoms with Gasteiger partial charge in [0.15, 0.2) is 0 Å². The van der Waals surface area contributed by atoms with Crippen molar-refractivity contribution in [3.8, 4) is 44.9 Å². The van der Waals surface area contributed by atoms with Crippen LogP contribution >= 0.6 is 0 Å². The molecule has 31 heavy (non-hydrogen) atoms. The van der Waals surface area contributed by atoms with Crippen LogP contribution in [0.1, 0.15) is 0 Å². The molecule has 0 bridgehead atoms. The van der Waals surface area contributed by atoms with E-state index in [1.807, 2.05) is 48.5 Å². The van der Waals surface area contributed by atoms with Gasteiger partial charge in [0.25, 0.3) is 0 Å². The summed E-state index contributed by atoms with van der Waals surface area (Å²) in [4.78, 5) is 0. The zero-order chi connectivity index (χ0) is 20.9. The molecule has 0 saturated carbocycles. The van der Waals surface area contributed by atoms with E-state index in [1.54, 1.807) is 0 Å². The fourth-order valence-electron chi connectivity index (χ4n) is 3.79. The first-order valence-corrected chi connectivity index (χ1v) is 10.4. The smallest absolute Gasteiger partial charge is 0.127 e. The van der Waals surface area contributed by atoms with Crippen LogP contribution in [0.15, 0.2) is 133 Å². The number of ether oxygens (including phenoxy) is 1. The quantitative estimate of drug-likeness (QED) is 0.288. The normalized spacial score (nSPS) is 10.6. The first-order chi connectivity index (χ1) is 15.4. The standard InChI is InChI=1S/C30H22O/c1-3-9-23(10-4-1)24-15-17-25(18-16-24)29-13-7-8-14-30(29)26-19-21-28(22-20-26)31-27-11-5-2-6-12-27/h1-22H. The maximum absolute atomic E-state index is 5.94. The van der Waals surface area contributed by atoms with E-state index in [1.165, 1.54) is 33.4 Å². The molecule has 0 radical (unpaired) electrons. The van der Waals surface area contributed by atoms with Gasteiger partial charge >= 0.3 is 0 Å². The van der Waals surface area contributed by atoms with Crippen LogP contribution in [0.5, 0.6) is 11.5 Å². The Bertz CT molecular complexity index is 1260. The van der Waals surface area contributed by atoms with Crippen LogP contribution in [0.25, 0.3) is 33.4 Å². The van der Waals surface area contributed by atoms with Crippen molar-refractivity contribution < 1.29 is 4.74 Å². The van der Waals surface area contributed by atoms with E-state index in [4.69, 9.17) is 4.74 Å². The molecule has 5 rings (SSSR count). The Balaban J connectivity index is 1.43. The third-order valence-corrected chi connectivity index (χ3v) is 5.37. The highest BCUT2D eigenvalue weighted by molar-refractivity contribution is 5.84. The number of rotatable bonds is 5. The Hall–Kier alpha value is -4.10. The number of hydrogen-bond acceptors (Lipinski definition) is 1. The lowest BCUT2D eigenvalue weighted by Gasteiger charge is -2.12. The predicted molar refractivity (Wildman–Crippen MR) is 129 cm³/mol. The van der Waals surface area contributed by atoms with Crippen molar-refractivity contribution in [2.75, 3.05) is 0 Å².